The van der Waals surface area contributed by atoms with Crippen molar-refractivity contribution < 1.29 is 14.0 Å². The zero-order valence-electron chi connectivity index (χ0n) is 14.2. The third-order valence-corrected chi connectivity index (χ3v) is 5.30. The Kier molecular flexibility index (Phi) is 4.81. The number of hydrazine groups is 1. The van der Waals surface area contributed by atoms with Crippen LogP contribution in [0.4, 0.5) is 0 Å². The van der Waals surface area contributed by atoms with Gasteiger partial charge in [-0.05, 0) is 42.6 Å². The summed E-state index contributed by atoms with van der Waals surface area (Å²) >= 11 is 6.20. The Morgan fingerprint density at radius 1 is 1.07 bits per heavy atom. The minimum absolute atomic E-state index is 0.172. The molecule has 0 bridgehead atoms. The Hall–Kier alpha value is -3.23. The summed E-state index contributed by atoms with van der Waals surface area (Å²) in [5.74, 6) is -0.963. The molecule has 2 amide bonds. The summed E-state index contributed by atoms with van der Waals surface area (Å²) in [6.45, 7) is 0. The van der Waals surface area contributed by atoms with E-state index in [0.717, 1.165) is 22.2 Å². The molecule has 0 saturated carbocycles. The maximum absolute atomic E-state index is 12.7. The van der Waals surface area contributed by atoms with Crippen molar-refractivity contribution in [2.75, 3.05) is 0 Å². The minimum atomic E-state index is -0.558. The van der Waals surface area contributed by atoms with Crippen LogP contribution in [0.1, 0.15) is 15.9 Å². The predicted octanol–water partition coefficient (Wildman–Crippen LogP) is 3.34. The smallest absolute Gasteiger partial charge is 0.343 e. The van der Waals surface area contributed by atoms with Crippen LogP contribution in [0, 0.1) is 0 Å². The van der Waals surface area contributed by atoms with Crippen molar-refractivity contribution in [1.82, 2.24) is 10.4 Å². The maximum Gasteiger partial charge on any atom is 0.343 e. The van der Waals surface area contributed by atoms with Gasteiger partial charge in [-0.2, -0.15) is 5.01 Å². The topological polar surface area (TPSA) is 79.6 Å². The lowest BCUT2D eigenvalue weighted by molar-refractivity contribution is -0.123. The van der Waals surface area contributed by atoms with Crippen molar-refractivity contribution in [2.24, 2.45) is 0 Å². The molecule has 2 heterocycles. The van der Waals surface area contributed by atoms with E-state index < -0.39 is 17.4 Å². The molecule has 138 valence electrons. The number of hydrogen-bond donors (Lipinski definition) is 1. The van der Waals surface area contributed by atoms with Gasteiger partial charge in [0.25, 0.3) is 11.8 Å². The van der Waals surface area contributed by atoms with Gasteiger partial charge in [0.05, 0.1) is 10.5 Å². The highest BCUT2D eigenvalue weighted by molar-refractivity contribution is 8.26. The minimum Gasteiger partial charge on any atom is -0.422 e. The highest BCUT2D eigenvalue weighted by atomic mass is 32.2. The van der Waals surface area contributed by atoms with Crippen LogP contribution < -0.4 is 11.1 Å². The molecule has 0 atom stereocenters. The van der Waals surface area contributed by atoms with Crippen molar-refractivity contribution in [3.05, 3.63) is 87.1 Å². The van der Waals surface area contributed by atoms with Crippen molar-refractivity contribution in [3.8, 4) is 0 Å². The molecule has 1 saturated heterocycles. The highest BCUT2D eigenvalue weighted by Crippen LogP contribution is 2.31. The molecule has 6 nitrogen and oxygen atoms in total. The van der Waals surface area contributed by atoms with Crippen LogP contribution in [-0.4, -0.2) is 21.1 Å². The maximum atomic E-state index is 12.7. The van der Waals surface area contributed by atoms with E-state index in [2.05, 4.69) is 5.43 Å². The van der Waals surface area contributed by atoms with E-state index >= 15 is 0 Å². The summed E-state index contributed by atoms with van der Waals surface area (Å²) in [6, 6.07) is 17.2. The Morgan fingerprint density at radius 3 is 2.57 bits per heavy atom. The number of thioether (sulfide) groups is 1. The van der Waals surface area contributed by atoms with Crippen molar-refractivity contribution in [2.45, 2.75) is 0 Å². The van der Waals surface area contributed by atoms with E-state index in [-0.39, 0.29) is 14.8 Å². The number of para-hydroxylation sites is 1. The number of fused-ring (bicyclic) bond motifs is 1. The van der Waals surface area contributed by atoms with E-state index in [1.165, 1.54) is 6.08 Å². The van der Waals surface area contributed by atoms with Gasteiger partial charge in [-0.25, -0.2) is 4.79 Å². The summed E-state index contributed by atoms with van der Waals surface area (Å²) in [5.41, 5.74) is 3.03. The largest absolute Gasteiger partial charge is 0.422 e. The van der Waals surface area contributed by atoms with Crippen LogP contribution >= 0.6 is 24.0 Å². The number of thiocarbonyl (C=S) groups is 1. The SMILES string of the molecule is O=C(NN1C(=O)C(=Cc2cc3ccccc3oc2=O)SC1=S)c1ccccc1. The summed E-state index contributed by atoms with van der Waals surface area (Å²) in [5, 5.41) is 1.74. The molecule has 1 aromatic heterocycles. The van der Waals surface area contributed by atoms with Gasteiger partial charge >= 0.3 is 5.63 Å². The van der Waals surface area contributed by atoms with Crippen LogP contribution in [0.5, 0.6) is 0 Å². The van der Waals surface area contributed by atoms with Crippen LogP contribution in [0.3, 0.4) is 0 Å². The normalized spacial score (nSPS) is 15.4. The molecule has 1 N–H and O–H groups in total. The Balaban J connectivity index is 1.61. The fraction of sp³-hybridized carbons (Fsp3) is 0. The van der Waals surface area contributed by atoms with Crippen LogP contribution in [0.15, 0.2) is 74.8 Å². The van der Waals surface area contributed by atoms with E-state index in [9.17, 15) is 14.4 Å². The second-order valence-corrected chi connectivity index (χ2v) is 7.53. The molecule has 1 fully saturated rings. The molecule has 0 unspecified atom stereocenters. The standard InChI is InChI=1S/C20H12N2O4S2/c23-17(12-6-2-1-3-7-12)21-22-18(24)16(28-20(22)27)11-14-10-13-8-4-5-9-15(13)26-19(14)25/h1-11H,(H,21,23). The fourth-order valence-corrected chi connectivity index (χ4v) is 3.81. The number of carbonyl (C=O) groups is 2. The number of hydrogen-bond acceptors (Lipinski definition) is 6. The summed E-state index contributed by atoms with van der Waals surface area (Å²) in [4.78, 5) is 37.4. The first kappa shape index (κ1) is 18.1. The average Bonchev–Trinajstić information content (AvgIpc) is 2.96. The zero-order chi connectivity index (χ0) is 19.7. The first-order valence-electron chi connectivity index (χ1n) is 8.20. The Bertz CT molecular complexity index is 1200. The van der Waals surface area contributed by atoms with Gasteiger partial charge in [0.1, 0.15) is 5.58 Å². The average molecular weight is 408 g/mol. The van der Waals surface area contributed by atoms with E-state index in [1.807, 2.05) is 6.07 Å². The lowest BCUT2D eigenvalue weighted by Gasteiger charge is -2.15. The molecule has 0 radical (unpaired) electrons. The highest BCUT2D eigenvalue weighted by Gasteiger charge is 2.34. The zero-order valence-corrected chi connectivity index (χ0v) is 15.9. The Morgan fingerprint density at radius 2 is 1.79 bits per heavy atom. The molecule has 2 aromatic carbocycles. The van der Waals surface area contributed by atoms with Gasteiger partial charge in [0.15, 0.2) is 4.32 Å². The summed E-state index contributed by atoms with van der Waals surface area (Å²) in [7, 11) is 0. The molecule has 28 heavy (non-hydrogen) atoms. The van der Waals surface area contributed by atoms with Crippen molar-refractivity contribution in [1.29, 1.82) is 0 Å². The number of benzene rings is 2. The molecule has 0 aliphatic carbocycles. The molecule has 3 aromatic rings. The molecule has 8 heteroatoms. The first-order valence-corrected chi connectivity index (χ1v) is 9.42. The monoisotopic (exact) mass is 408 g/mol. The second-order valence-electron chi connectivity index (χ2n) is 5.85. The van der Waals surface area contributed by atoms with Crippen LogP contribution in [0.25, 0.3) is 17.0 Å². The van der Waals surface area contributed by atoms with Crippen molar-refractivity contribution >= 4 is 57.2 Å². The van der Waals surface area contributed by atoms with E-state index in [0.29, 0.717) is 11.1 Å². The molecule has 4 rings (SSSR count). The van der Waals surface area contributed by atoms with Gasteiger partial charge in [-0.15, -0.1) is 0 Å². The van der Waals surface area contributed by atoms with Crippen LogP contribution in [-0.2, 0) is 4.79 Å². The van der Waals surface area contributed by atoms with Gasteiger partial charge in [-0.3, -0.25) is 15.0 Å². The van der Waals surface area contributed by atoms with Gasteiger partial charge in [0.2, 0.25) is 0 Å². The van der Waals surface area contributed by atoms with E-state index in [4.69, 9.17) is 16.6 Å². The number of rotatable bonds is 3. The first-order chi connectivity index (χ1) is 13.5. The molecular weight excluding hydrogens is 396 g/mol. The lowest BCUT2D eigenvalue weighted by atomic mass is 10.2. The van der Waals surface area contributed by atoms with Crippen molar-refractivity contribution in [3.63, 3.8) is 0 Å². The quantitative estimate of drug-likeness (QED) is 0.407. The lowest BCUT2D eigenvalue weighted by Crippen LogP contribution is -2.44. The molecule has 1 aliphatic heterocycles. The summed E-state index contributed by atoms with van der Waals surface area (Å²) in [6.07, 6.45) is 1.42. The number of carbonyl (C=O) groups excluding carboxylic acids is 2. The summed E-state index contributed by atoms with van der Waals surface area (Å²) < 4.78 is 5.45. The number of amides is 2. The van der Waals surface area contributed by atoms with Gasteiger partial charge in [0, 0.05) is 10.9 Å². The van der Waals surface area contributed by atoms with Crippen LogP contribution in [0.2, 0.25) is 0 Å². The third kappa shape index (κ3) is 3.47. The third-order valence-electron chi connectivity index (χ3n) is 4.00. The number of nitrogens with zero attached hydrogens (tertiary/aromatic N) is 1. The number of nitrogens with one attached hydrogen (secondary N) is 1. The molecule has 0 spiro atoms. The molecule has 1 aliphatic rings. The fourth-order valence-electron chi connectivity index (χ4n) is 2.64. The Labute approximate surface area is 168 Å². The second kappa shape index (κ2) is 7.41. The molecular formula is C20H12N2O4S2. The van der Waals surface area contributed by atoms with E-state index in [1.54, 1.807) is 54.6 Å². The predicted molar refractivity (Wildman–Crippen MR) is 111 cm³/mol. The van der Waals surface area contributed by atoms with Gasteiger partial charge in [-0.1, -0.05) is 48.2 Å². The van der Waals surface area contributed by atoms with Gasteiger partial charge < -0.3 is 4.42 Å².